The Morgan fingerprint density at radius 3 is 2.91 bits per heavy atom. The van der Waals surface area contributed by atoms with Crippen LogP contribution in [0, 0.1) is 5.92 Å². The van der Waals surface area contributed by atoms with Crippen LogP contribution in [0.15, 0.2) is 12.4 Å². The van der Waals surface area contributed by atoms with Crippen molar-refractivity contribution in [2.24, 2.45) is 5.92 Å². The number of H-pyrrole nitrogens is 1. The second kappa shape index (κ2) is 7.24. The SMILES string of the molecule is O=C(CCc1cn[nH]c1)N1CCN(CC2CCC2)CC(O)C1. The fraction of sp³-hybridized carbons (Fsp3) is 0.750. The number of hydrogen-bond donors (Lipinski definition) is 2. The van der Waals surface area contributed by atoms with E-state index in [4.69, 9.17) is 0 Å². The number of carbonyl (C=O) groups is 1. The van der Waals surface area contributed by atoms with Crippen LogP contribution in [-0.2, 0) is 11.2 Å². The topological polar surface area (TPSA) is 72.5 Å². The summed E-state index contributed by atoms with van der Waals surface area (Å²) in [6.45, 7) is 3.85. The minimum atomic E-state index is -0.430. The summed E-state index contributed by atoms with van der Waals surface area (Å²) in [7, 11) is 0. The van der Waals surface area contributed by atoms with Gasteiger partial charge in [0.25, 0.3) is 0 Å². The molecule has 3 rings (SSSR count). The normalized spacial score (nSPS) is 24.0. The van der Waals surface area contributed by atoms with E-state index in [0.29, 0.717) is 25.9 Å². The smallest absolute Gasteiger partial charge is 0.223 e. The molecule has 2 N–H and O–H groups in total. The average Bonchev–Trinajstić information content (AvgIpc) is 2.90. The van der Waals surface area contributed by atoms with Crippen molar-refractivity contribution < 1.29 is 9.90 Å². The van der Waals surface area contributed by atoms with Gasteiger partial charge in [0.1, 0.15) is 0 Å². The fourth-order valence-corrected chi connectivity index (χ4v) is 3.31. The molecule has 1 aromatic heterocycles. The molecule has 6 heteroatoms. The highest BCUT2D eigenvalue weighted by Crippen LogP contribution is 2.27. The van der Waals surface area contributed by atoms with Crippen LogP contribution in [0.1, 0.15) is 31.2 Å². The summed E-state index contributed by atoms with van der Waals surface area (Å²) in [4.78, 5) is 16.5. The number of carbonyl (C=O) groups excluding carboxylic acids is 1. The summed E-state index contributed by atoms with van der Waals surface area (Å²) in [5, 5.41) is 16.8. The van der Waals surface area contributed by atoms with Gasteiger partial charge in [0.2, 0.25) is 5.91 Å². The number of aliphatic hydroxyl groups excluding tert-OH is 1. The second-order valence-corrected chi connectivity index (χ2v) is 6.66. The predicted octanol–water partition coefficient (Wildman–Crippen LogP) is 0.647. The minimum Gasteiger partial charge on any atom is -0.390 e. The standard InChI is InChI=1S/C16H26N4O2/c21-15-11-19(10-13-2-1-3-13)6-7-20(12-15)16(22)5-4-14-8-17-18-9-14/h8-9,13,15,21H,1-7,10-12H2,(H,17,18). The molecular weight excluding hydrogens is 280 g/mol. The number of nitrogens with one attached hydrogen (secondary N) is 1. The third kappa shape index (κ3) is 4.08. The molecule has 0 radical (unpaired) electrons. The summed E-state index contributed by atoms with van der Waals surface area (Å²) in [6, 6.07) is 0. The molecule has 1 amide bonds. The van der Waals surface area contributed by atoms with Gasteiger partial charge < -0.3 is 10.0 Å². The highest BCUT2D eigenvalue weighted by atomic mass is 16.3. The Morgan fingerprint density at radius 1 is 1.36 bits per heavy atom. The van der Waals surface area contributed by atoms with E-state index < -0.39 is 6.10 Å². The molecule has 2 fully saturated rings. The Hall–Kier alpha value is -1.40. The summed E-state index contributed by atoms with van der Waals surface area (Å²) in [6.07, 6.45) is 8.32. The molecule has 0 aromatic carbocycles. The maximum Gasteiger partial charge on any atom is 0.223 e. The van der Waals surface area contributed by atoms with Gasteiger partial charge in [0, 0.05) is 45.3 Å². The lowest BCUT2D eigenvalue weighted by atomic mass is 9.85. The van der Waals surface area contributed by atoms with Gasteiger partial charge in [0.05, 0.1) is 12.3 Å². The third-order valence-corrected chi connectivity index (χ3v) is 4.86. The molecular formula is C16H26N4O2. The van der Waals surface area contributed by atoms with E-state index in [-0.39, 0.29) is 5.91 Å². The Bertz CT molecular complexity index is 473. The minimum absolute atomic E-state index is 0.130. The third-order valence-electron chi connectivity index (χ3n) is 4.86. The molecule has 1 saturated carbocycles. The molecule has 1 atom stereocenters. The summed E-state index contributed by atoms with van der Waals surface area (Å²) in [5.74, 6) is 0.932. The van der Waals surface area contributed by atoms with E-state index in [1.807, 2.05) is 11.1 Å². The van der Waals surface area contributed by atoms with Crippen molar-refractivity contribution in [3.05, 3.63) is 18.0 Å². The number of hydrogen-bond acceptors (Lipinski definition) is 4. The van der Waals surface area contributed by atoms with Gasteiger partial charge in [-0.2, -0.15) is 5.10 Å². The summed E-state index contributed by atoms with van der Waals surface area (Å²) < 4.78 is 0. The van der Waals surface area contributed by atoms with Crippen LogP contribution in [0.5, 0.6) is 0 Å². The van der Waals surface area contributed by atoms with Crippen molar-refractivity contribution in [2.75, 3.05) is 32.7 Å². The monoisotopic (exact) mass is 306 g/mol. The van der Waals surface area contributed by atoms with Crippen molar-refractivity contribution >= 4 is 5.91 Å². The Kier molecular flexibility index (Phi) is 5.10. The zero-order valence-electron chi connectivity index (χ0n) is 13.1. The number of rotatable bonds is 5. The quantitative estimate of drug-likeness (QED) is 0.838. The van der Waals surface area contributed by atoms with E-state index in [2.05, 4.69) is 15.1 Å². The number of amides is 1. The number of aliphatic hydroxyl groups is 1. The van der Waals surface area contributed by atoms with E-state index in [1.165, 1.54) is 19.3 Å². The summed E-state index contributed by atoms with van der Waals surface area (Å²) in [5.41, 5.74) is 1.05. The van der Waals surface area contributed by atoms with Gasteiger partial charge in [-0.15, -0.1) is 0 Å². The van der Waals surface area contributed by atoms with E-state index in [0.717, 1.165) is 31.1 Å². The van der Waals surface area contributed by atoms with Gasteiger partial charge >= 0.3 is 0 Å². The first-order chi connectivity index (χ1) is 10.7. The molecule has 0 spiro atoms. The van der Waals surface area contributed by atoms with E-state index >= 15 is 0 Å². The lowest BCUT2D eigenvalue weighted by Gasteiger charge is -2.32. The van der Waals surface area contributed by atoms with Crippen molar-refractivity contribution in [1.82, 2.24) is 20.0 Å². The molecule has 122 valence electrons. The number of β-amino-alcohol motifs (C(OH)–C–C–N with tert-alkyl or cyclic N) is 1. The van der Waals surface area contributed by atoms with E-state index in [9.17, 15) is 9.90 Å². The van der Waals surface area contributed by atoms with Crippen molar-refractivity contribution in [1.29, 1.82) is 0 Å². The lowest BCUT2D eigenvalue weighted by molar-refractivity contribution is -0.132. The largest absolute Gasteiger partial charge is 0.390 e. The molecule has 2 aliphatic rings. The van der Waals surface area contributed by atoms with Crippen LogP contribution < -0.4 is 0 Å². The Labute approximate surface area is 131 Å². The van der Waals surface area contributed by atoms with Crippen LogP contribution >= 0.6 is 0 Å². The second-order valence-electron chi connectivity index (χ2n) is 6.66. The van der Waals surface area contributed by atoms with Crippen molar-refractivity contribution in [3.8, 4) is 0 Å². The van der Waals surface area contributed by atoms with Gasteiger partial charge in [-0.05, 0) is 30.7 Å². The number of aryl methyl sites for hydroxylation is 1. The molecule has 0 bridgehead atoms. The molecule has 1 aromatic rings. The molecule has 6 nitrogen and oxygen atoms in total. The van der Waals surface area contributed by atoms with Gasteiger partial charge in [-0.25, -0.2) is 0 Å². The average molecular weight is 306 g/mol. The van der Waals surface area contributed by atoms with Gasteiger partial charge in [0.15, 0.2) is 0 Å². The zero-order chi connectivity index (χ0) is 15.4. The zero-order valence-corrected chi connectivity index (χ0v) is 13.1. The number of aromatic amines is 1. The number of aromatic nitrogens is 2. The van der Waals surface area contributed by atoms with Crippen LogP contribution in [-0.4, -0.2) is 69.8 Å². The highest BCUT2D eigenvalue weighted by Gasteiger charge is 2.27. The molecule has 22 heavy (non-hydrogen) atoms. The highest BCUT2D eigenvalue weighted by molar-refractivity contribution is 5.76. The molecule has 1 unspecified atom stereocenters. The van der Waals surface area contributed by atoms with Crippen molar-refractivity contribution in [3.63, 3.8) is 0 Å². The molecule has 2 heterocycles. The maximum absolute atomic E-state index is 12.4. The molecule has 1 saturated heterocycles. The number of nitrogens with zero attached hydrogens (tertiary/aromatic N) is 3. The van der Waals surface area contributed by atoms with E-state index in [1.54, 1.807) is 6.20 Å². The van der Waals surface area contributed by atoms with Gasteiger partial charge in [-0.1, -0.05) is 6.42 Å². The van der Waals surface area contributed by atoms with Gasteiger partial charge in [-0.3, -0.25) is 14.8 Å². The Morgan fingerprint density at radius 2 is 2.23 bits per heavy atom. The summed E-state index contributed by atoms with van der Waals surface area (Å²) >= 11 is 0. The maximum atomic E-state index is 12.4. The first-order valence-electron chi connectivity index (χ1n) is 8.36. The lowest BCUT2D eigenvalue weighted by Crippen LogP contribution is -2.38. The fourth-order valence-electron chi connectivity index (χ4n) is 3.31. The Balaban J connectivity index is 1.47. The van der Waals surface area contributed by atoms with Crippen molar-refractivity contribution in [2.45, 2.75) is 38.2 Å². The van der Waals surface area contributed by atoms with Crippen LogP contribution in [0.25, 0.3) is 0 Å². The van der Waals surface area contributed by atoms with Crippen LogP contribution in [0.4, 0.5) is 0 Å². The molecule has 1 aliphatic heterocycles. The van der Waals surface area contributed by atoms with Crippen LogP contribution in [0.2, 0.25) is 0 Å². The molecule has 1 aliphatic carbocycles. The van der Waals surface area contributed by atoms with Crippen LogP contribution in [0.3, 0.4) is 0 Å². The first-order valence-corrected chi connectivity index (χ1v) is 8.36. The first kappa shape index (κ1) is 15.5. The predicted molar refractivity (Wildman–Crippen MR) is 83.3 cm³/mol.